The number of H-pyrrole nitrogens is 1. The van der Waals surface area contributed by atoms with E-state index >= 15 is 0 Å². The standard InChI is InChI=1S/C33H28BrN3O3/c1-40-33(39)30(23-13-11-21(12-14-23)20-7-3-2-4-8-20)37-32(38)28-19-26-25-9-5-6-10-27(25)35-31(26)29(36-28)22-15-17-24(34)18-16-22/h2-18,28-30,35-36H,19H2,1H3,(H,37,38)/t28-,29?,30?/m1/s1. The number of benzene rings is 4. The zero-order valence-electron chi connectivity index (χ0n) is 21.9. The smallest absolute Gasteiger partial charge is 0.333 e. The number of carbonyl (C=O) groups is 2. The largest absolute Gasteiger partial charge is 0.467 e. The molecule has 4 aromatic carbocycles. The van der Waals surface area contributed by atoms with Gasteiger partial charge in [-0.25, -0.2) is 4.79 Å². The van der Waals surface area contributed by atoms with Gasteiger partial charge in [0.05, 0.1) is 19.2 Å². The molecule has 7 heteroatoms. The summed E-state index contributed by atoms with van der Waals surface area (Å²) in [4.78, 5) is 30.2. The minimum Gasteiger partial charge on any atom is -0.467 e. The Balaban J connectivity index is 1.30. The number of carbonyl (C=O) groups excluding carboxylic acids is 2. The molecule has 0 spiro atoms. The molecule has 3 N–H and O–H groups in total. The lowest BCUT2D eigenvalue weighted by atomic mass is 9.90. The van der Waals surface area contributed by atoms with Gasteiger partial charge in [0, 0.05) is 21.1 Å². The van der Waals surface area contributed by atoms with E-state index in [4.69, 9.17) is 4.74 Å². The molecule has 0 saturated heterocycles. The highest BCUT2D eigenvalue weighted by Crippen LogP contribution is 2.36. The van der Waals surface area contributed by atoms with Gasteiger partial charge in [0.15, 0.2) is 6.04 Å². The van der Waals surface area contributed by atoms with Crippen LogP contribution in [-0.4, -0.2) is 30.0 Å². The Bertz CT molecular complexity index is 1660. The van der Waals surface area contributed by atoms with Crippen molar-refractivity contribution in [2.24, 2.45) is 0 Å². The molecule has 0 saturated carbocycles. The first-order valence-corrected chi connectivity index (χ1v) is 14.0. The number of rotatable bonds is 6. The molecule has 1 aliphatic rings. The number of esters is 1. The minimum absolute atomic E-state index is 0.221. The molecule has 2 heterocycles. The Hall–Kier alpha value is -4.20. The van der Waals surface area contributed by atoms with Crippen molar-refractivity contribution in [3.8, 4) is 11.1 Å². The van der Waals surface area contributed by atoms with Crippen LogP contribution in [-0.2, 0) is 20.7 Å². The maximum absolute atomic E-state index is 13.8. The molecular formula is C33H28BrN3O3. The highest BCUT2D eigenvalue weighted by Gasteiger charge is 2.36. The third-order valence-electron chi connectivity index (χ3n) is 7.51. The first-order chi connectivity index (χ1) is 19.5. The fourth-order valence-corrected chi connectivity index (χ4v) is 5.72. The monoisotopic (exact) mass is 593 g/mol. The Kier molecular flexibility index (Phi) is 7.24. The van der Waals surface area contributed by atoms with Crippen molar-refractivity contribution in [1.82, 2.24) is 15.6 Å². The second kappa shape index (κ2) is 11.1. The van der Waals surface area contributed by atoms with Gasteiger partial charge in [-0.3, -0.25) is 10.1 Å². The molecular weight excluding hydrogens is 566 g/mol. The van der Waals surface area contributed by atoms with Crippen molar-refractivity contribution in [2.45, 2.75) is 24.5 Å². The molecule has 3 atom stereocenters. The van der Waals surface area contributed by atoms with Gasteiger partial charge in [-0.1, -0.05) is 101 Å². The first kappa shape index (κ1) is 26.0. The van der Waals surface area contributed by atoms with E-state index < -0.39 is 18.1 Å². The van der Waals surface area contributed by atoms with Gasteiger partial charge in [-0.15, -0.1) is 0 Å². The molecule has 0 fully saturated rings. The third kappa shape index (κ3) is 5.06. The van der Waals surface area contributed by atoms with Crippen LogP contribution in [0.1, 0.15) is 34.5 Å². The summed E-state index contributed by atoms with van der Waals surface area (Å²) >= 11 is 3.52. The fourth-order valence-electron chi connectivity index (χ4n) is 5.46. The number of ether oxygens (including phenoxy) is 1. The number of amides is 1. The Morgan fingerprint density at radius 3 is 2.27 bits per heavy atom. The summed E-state index contributed by atoms with van der Waals surface area (Å²) in [6.07, 6.45) is 0.485. The normalized spacial score (nSPS) is 17.1. The molecule has 2 unspecified atom stereocenters. The molecule has 40 heavy (non-hydrogen) atoms. The van der Waals surface area contributed by atoms with Crippen molar-refractivity contribution >= 4 is 38.7 Å². The van der Waals surface area contributed by atoms with E-state index in [1.54, 1.807) is 0 Å². The molecule has 5 aromatic rings. The summed E-state index contributed by atoms with van der Waals surface area (Å²) in [6.45, 7) is 0. The number of aromatic nitrogens is 1. The van der Waals surface area contributed by atoms with Crippen molar-refractivity contribution < 1.29 is 14.3 Å². The van der Waals surface area contributed by atoms with Crippen LogP contribution in [0, 0.1) is 0 Å². The fraction of sp³-hybridized carbons (Fsp3) is 0.152. The van der Waals surface area contributed by atoms with Gasteiger partial charge in [0.1, 0.15) is 0 Å². The van der Waals surface area contributed by atoms with E-state index in [9.17, 15) is 9.59 Å². The van der Waals surface area contributed by atoms with Crippen molar-refractivity contribution in [1.29, 1.82) is 0 Å². The highest BCUT2D eigenvalue weighted by molar-refractivity contribution is 9.10. The summed E-state index contributed by atoms with van der Waals surface area (Å²) in [5.41, 5.74) is 6.98. The Labute approximate surface area is 240 Å². The van der Waals surface area contributed by atoms with Gasteiger partial charge in [-0.05, 0) is 52.4 Å². The van der Waals surface area contributed by atoms with Crippen LogP contribution < -0.4 is 10.6 Å². The second-order valence-electron chi connectivity index (χ2n) is 9.92. The Morgan fingerprint density at radius 1 is 0.875 bits per heavy atom. The van der Waals surface area contributed by atoms with E-state index in [1.807, 2.05) is 97.1 Å². The zero-order chi connectivity index (χ0) is 27.6. The minimum atomic E-state index is -0.931. The van der Waals surface area contributed by atoms with Gasteiger partial charge < -0.3 is 15.0 Å². The quantitative estimate of drug-likeness (QED) is 0.204. The maximum atomic E-state index is 13.8. The van der Waals surface area contributed by atoms with Gasteiger partial charge in [-0.2, -0.15) is 0 Å². The molecule has 1 aromatic heterocycles. The lowest BCUT2D eigenvalue weighted by molar-refractivity contribution is -0.145. The molecule has 0 radical (unpaired) electrons. The molecule has 6 nitrogen and oxygen atoms in total. The van der Waals surface area contributed by atoms with E-state index in [1.165, 1.54) is 7.11 Å². The summed E-state index contributed by atoms with van der Waals surface area (Å²) in [5.74, 6) is -0.783. The Morgan fingerprint density at radius 2 is 1.55 bits per heavy atom. The van der Waals surface area contributed by atoms with E-state index in [-0.39, 0.29) is 11.9 Å². The predicted octanol–water partition coefficient (Wildman–Crippen LogP) is 6.23. The summed E-state index contributed by atoms with van der Waals surface area (Å²) in [7, 11) is 1.33. The van der Waals surface area contributed by atoms with Crippen LogP contribution in [0.3, 0.4) is 0 Å². The molecule has 1 aliphatic heterocycles. The van der Waals surface area contributed by atoms with Crippen molar-refractivity contribution in [2.75, 3.05) is 7.11 Å². The summed E-state index contributed by atoms with van der Waals surface area (Å²) in [5, 5.41) is 7.61. The lowest BCUT2D eigenvalue weighted by Crippen LogP contribution is -2.51. The van der Waals surface area contributed by atoms with Crippen LogP contribution >= 0.6 is 15.9 Å². The van der Waals surface area contributed by atoms with Crippen LogP contribution in [0.15, 0.2) is 108 Å². The first-order valence-electron chi connectivity index (χ1n) is 13.2. The van der Waals surface area contributed by atoms with E-state index in [0.717, 1.165) is 43.3 Å². The number of aromatic amines is 1. The van der Waals surface area contributed by atoms with E-state index in [0.29, 0.717) is 12.0 Å². The number of nitrogens with one attached hydrogen (secondary N) is 3. The van der Waals surface area contributed by atoms with Crippen LogP contribution in [0.2, 0.25) is 0 Å². The topological polar surface area (TPSA) is 83.2 Å². The average molecular weight is 595 g/mol. The lowest BCUT2D eigenvalue weighted by Gasteiger charge is -2.32. The van der Waals surface area contributed by atoms with Crippen molar-refractivity contribution in [3.63, 3.8) is 0 Å². The van der Waals surface area contributed by atoms with Gasteiger partial charge >= 0.3 is 5.97 Å². The van der Waals surface area contributed by atoms with Crippen LogP contribution in [0.5, 0.6) is 0 Å². The molecule has 0 bridgehead atoms. The van der Waals surface area contributed by atoms with E-state index in [2.05, 4.69) is 37.6 Å². The molecule has 0 aliphatic carbocycles. The number of methoxy groups -OCH3 is 1. The number of hydrogen-bond donors (Lipinski definition) is 3. The number of fused-ring (bicyclic) bond motifs is 3. The SMILES string of the molecule is COC(=O)C(NC(=O)[C@H]1Cc2c([nH]c3ccccc23)C(c2ccc(Br)cc2)N1)c1ccc(-c2ccccc2)cc1. The zero-order valence-corrected chi connectivity index (χ0v) is 23.4. The predicted molar refractivity (Wildman–Crippen MR) is 160 cm³/mol. The highest BCUT2D eigenvalue weighted by atomic mass is 79.9. The van der Waals surface area contributed by atoms with Crippen LogP contribution in [0.4, 0.5) is 0 Å². The second-order valence-corrected chi connectivity index (χ2v) is 10.8. The third-order valence-corrected chi connectivity index (χ3v) is 8.03. The molecule has 6 rings (SSSR count). The van der Waals surface area contributed by atoms with Gasteiger partial charge in [0.2, 0.25) is 5.91 Å². The molecule has 1 amide bonds. The maximum Gasteiger partial charge on any atom is 0.333 e. The summed E-state index contributed by atoms with van der Waals surface area (Å²) in [6, 6.07) is 32.1. The molecule has 200 valence electrons. The van der Waals surface area contributed by atoms with Crippen molar-refractivity contribution in [3.05, 3.63) is 130 Å². The summed E-state index contributed by atoms with van der Waals surface area (Å²) < 4.78 is 6.07. The number of halogens is 1. The number of para-hydroxylation sites is 1. The van der Waals surface area contributed by atoms with Gasteiger partial charge in [0.25, 0.3) is 0 Å². The average Bonchev–Trinajstić information content (AvgIpc) is 3.39. The van der Waals surface area contributed by atoms with Crippen LogP contribution in [0.25, 0.3) is 22.0 Å². The number of hydrogen-bond acceptors (Lipinski definition) is 4.